The fraction of sp³-hybridized carbons (Fsp3) is 0.357. The van der Waals surface area contributed by atoms with Crippen molar-refractivity contribution in [2.24, 2.45) is 20.0 Å². The maximum Gasteiger partial charge on any atom is 0.305 e. The summed E-state index contributed by atoms with van der Waals surface area (Å²) in [6.07, 6.45) is 7.31. The zero-order chi connectivity index (χ0) is 14.8. The van der Waals surface area contributed by atoms with E-state index in [0.29, 0.717) is 36.9 Å². The van der Waals surface area contributed by atoms with Crippen LogP contribution in [0.2, 0.25) is 0 Å². The van der Waals surface area contributed by atoms with E-state index in [1.807, 2.05) is 30.1 Å². The van der Waals surface area contributed by atoms with E-state index in [1.165, 1.54) is 7.11 Å². The van der Waals surface area contributed by atoms with Crippen molar-refractivity contribution in [2.75, 3.05) is 7.11 Å². The fourth-order valence-electron chi connectivity index (χ4n) is 2.20. The number of hydrogen-bond donors (Lipinski definition) is 0. The molecule has 0 radical (unpaired) electrons. The van der Waals surface area contributed by atoms with Gasteiger partial charge in [0.1, 0.15) is 23.3 Å². The molecule has 0 aliphatic carbocycles. The normalized spacial score (nSPS) is 19.0. The fourth-order valence-corrected chi connectivity index (χ4v) is 2.20. The maximum atomic E-state index is 11.1. The van der Waals surface area contributed by atoms with Crippen molar-refractivity contribution < 1.29 is 9.53 Å². The lowest BCUT2D eigenvalue weighted by atomic mass is 10.2. The number of allylic oxidation sites excluding steroid dienone is 2. The molecular weight excluding hydrogens is 270 g/mol. The Morgan fingerprint density at radius 2 is 2.14 bits per heavy atom. The Hall–Kier alpha value is -2.57. The van der Waals surface area contributed by atoms with Crippen LogP contribution in [-0.2, 0) is 9.53 Å². The predicted octanol–water partition coefficient (Wildman–Crippen LogP) is 1.64. The van der Waals surface area contributed by atoms with Gasteiger partial charge in [-0.05, 0) is 25.5 Å². The minimum atomic E-state index is -0.221. The lowest BCUT2D eigenvalue weighted by Crippen LogP contribution is -2.41. The molecule has 0 aromatic rings. The highest BCUT2D eigenvalue weighted by Gasteiger charge is 2.29. The molecule has 0 amide bonds. The summed E-state index contributed by atoms with van der Waals surface area (Å²) >= 11 is 0. The molecule has 3 aliphatic rings. The molecule has 0 spiro atoms. The van der Waals surface area contributed by atoms with E-state index in [0.717, 1.165) is 11.7 Å². The number of hydrogen-bond acceptors (Lipinski definition) is 7. The van der Waals surface area contributed by atoms with Gasteiger partial charge in [0, 0.05) is 12.8 Å². The van der Waals surface area contributed by atoms with Gasteiger partial charge in [-0.25, -0.2) is 14.9 Å². The first-order valence-electron chi connectivity index (χ1n) is 6.73. The van der Waals surface area contributed by atoms with E-state index in [-0.39, 0.29) is 5.97 Å². The number of aliphatic imine (C=N–C) groups is 4. The van der Waals surface area contributed by atoms with Crippen LogP contribution >= 0.6 is 0 Å². The number of methoxy groups -OCH3 is 1. The highest BCUT2D eigenvalue weighted by molar-refractivity contribution is 6.20. The van der Waals surface area contributed by atoms with E-state index in [2.05, 4.69) is 24.7 Å². The molecular formula is C14H15N5O2. The topological polar surface area (TPSA) is 79.0 Å². The second-order valence-corrected chi connectivity index (χ2v) is 4.72. The van der Waals surface area contributed by atoms with Crippen LogP contribution in [0.25, 0.3) is 0 Å². The standard InChI is InChI=1S/C14H15N5O2/c1-9-15-11-6-4-7-12-17-10(5-3-8-13(20)21-2)18-14(16-9)19(11)12/h4,6-7H,3,5,8H2,1-2H3. The van der Waals surface area contributed by atoms with Crippen molar-refractivity contribution in [1.82, 2.24) is 4.90 Å². The molecule has 0 atom stereocenters. The van der Waals surface area contributed by atoms with Crippen LogP contribution in [0.3, 0.4) is 0 Å². The van der Waals surface area contributed by atoms with Gasteiger partial charge in [-0.1, -0.05) is 6.08 Å². The predicted molar refractivity (Wildman–Crippen MR) is 80.3 cm³/mol. The molecule has 0 aromatic heterocycles. The summed E-state index contributed by atoms with van der Waals surface area (Å²) in [5.41, 5.74) is 0. The Balaban J connectivity index is 1.79. The number of amidine groups is 3. The Labute approximate surface area is 122 Å². The summed E-state index contributed by atoms with van der Waals surface area (Å²) < 4.78 is 4.62. The Bertz CT molecular complexity index is 667. The maximum absolute atomic E-state index is 11.1. The lowest BCUT2D eigenvalue weighted by molar-refractivity contribution is -0.140. The summed E-state index contributed by atoms with van der Waals surface area (Å²) in [4.78, 5) is 30.6. The van der Waals surface area contributed by atoms with E-state index < -0.39 is 0 Å². The van der Waals surface area contributed by atoms with Gasteiger partial charge in [0.15, 0.2) is 0 Å². The second-order valence-electron chi connectivity index (χ2n) is 4.72. The third-order valence-corrected chi connectivity index (χ3v) is 3.17. The minimum absolute atomic E-state index is 0.221. The molecule has 0 bridgehead atoms. The molecule has 0 unspecified atom stereocenters. The largest absolute Gasteiger partial charge is 0.469 e. The van der Waals surface area contributed by atoms with Crippen LogP contribution in [0.15, 0.2) is 44.0 Å². The average molecular weight is 285 g/mol. The smallest absolute Gasteiger partial charge is 0.305 e. The molecule has 7 nitrogen and oxygen atoms in total. The van der Waals surface area contributed by atoms with Gasteiger partial charge in [0.2, 0.25) is 5.96 Å². The number of ether oxygens (including phenoxy) is 1. The van der Waals surface area contributed by atoms with Crippen molar-refractivity contribution in [3.63, 3.8) is 0 Å². The van der Waals surface area contributed by atoms with Crippen LogP contribution in [0.5, 0.6) is 0 Å². The van der Waals surface area contributed by atoms with Gasteiger partial charge in [-0.3, -0.25) is 4.79 Å². The molecule has 3 aliphatic heterocycles. The second kappa shape index (κ2) is 5.43. The van der Waals surface area contributed by atoms with Gasteiger partial charge >= 0.3 is 5.97 Å². The molecule has 3 heterocycles. The van der Waals surface area contributed by atoms with E-state index in [4.69, 9.17) is 0 Å². The first-order valence-corrected chi connectivity index (χ1v) is 6.73. The Morgan fingerprint density at radius 3 is 2.95 bits per heavy atom. The van der Waals surface area contributed by atoms with Crippen LogP contribution < -0.4 is 0 Å². The van der Waals surface area contributed by atoms with E-state index in [9.17, 15) is 4.79 Å². The zero-order valence-corrected chi connectivity index (χ0v) is 11.9. The van der Waals surface area contributed by atoms with Gasteiger partial charge in [-0.15, -0.1) is 0 Å². The molecule has 0 saturated heterocycles. The van der Waals surface area contributed by atoms with Gasteiger partial charge in [0.05, 0.1) is 7.11 Å². The molecule has 0 N–H and O–H groups in total. The van der Waals surface area contributed by atoms with Crippen molar-refractivity contribution in [3.8, 4) is 0 Å². The summed E-state index contributed by atoms with van der Waals surface area (Å²) in [7, 11) is 1.39. The van der Waals surface area contributed by atoms with Crippen molar-refractivity contribution >= 4 is 29.4 Å². The number of carbonyl (C=O) groups excluding carboxylic acids is 1. The quantitative estimate of drug-likeness (QED) is 0.736. The number of guanidine groups is 1. The van der Waals surface area contributed by atoms with Gasteiger partial charge in [-0.2, -0.15) is 9.98 Å². The molecule has 0 aromatic carbocycles. The lowest BCUT2D eigenvalue weighted by Gasteiger charge is -2.30. The average Bonchev–Trinajstić information content (AvgIpc) is 2.46. The summed E-state index contributed by atoms with van der Waals surface area (Å²) in [6.45, 7) is 1.83. The number of carbonyl (C=O) groups is 1. The van der Waals surface area contributed by atoms with Crippen molar-refractivity contribution in [3.05, 3.63) is 24.0 Å². The SMILES string of the molecule is COC(=O)CCCC1=NC2=CC=CC3=NC(C)=NC(=N1)N23. The van der Waals surface area contributed by atoms with Crippen molar-refractivity contribution in [2.45, 2.75) is 26.2 Å². The van der Waals surface area contributed by atoms with E-state index in [1.54, 1.807) is 0 Å². The Kier molecular flexibility index (Phi) is 3.47. The van der Waals surface area contributed by atoms with E-state index >= 15 is 0 Å². The highest BCUT2D eigenvalue weighted by atomic mass is 16.5. The number of nitrogens with zero attached hydrogens (tertiary/aromatic N) is 5. The molecule has 0 fully saturated rings. The van der Waals surface area contributed by atoms with Crippen molar-refractivity contribution in [1.29, 1.82) is 0 Å². The number of rotatable bonds is 4. The summed E-state index contributed by atoms with van der Waals surface area (Å²) in [5.74, 6) is 3.23. The van der Waals surface area contributed by atoms with Gasteiger partial charge < -0.3 is 4.74 Å². The molecule has 21 heavy (non-hydrogen) atoms. The monoisotopic (exact) mass is 285 g/mol. The highest BCUT2D eigenvalue weighted by Crippen LogP contribution is 2.23. The first-order chi connectivity index (χ1) is 10.2. The third-order valence-electron chi connectivity index (χ3n) is 3.17. The number of esters is 1. The third kappa shape index (κ3) is 2.67. The Morgan fingerprint density at radius 1 is 1.29 bits per heavy atom. The van der Waals surface area contributed by atoms with Crippen LogP contribution in [0, 0.1) is 0 Å². The minimum Gasteiger partial charge on any atom is -0.469 e. The molecule has 7 heteroatoms. The molecule has 3 rings (SSSR count). The van der Waals surface area contributed by atoms with Gasteiger partial charge in [0.25, 0.3) is 0 Å². The molecule has 108 valence electrons. The summed E-state index contributed by atoms with van der Waals surface area (Å²) in [5, 5.41) is 0. The van der Waals surface area contributed by atoms with Crippen LogP contribution in [0.1, 0.15) is 26.2 Å². The van der Waals surface area contributed by atoms with Crippen LogP contribution in [0.4, 0.5) is 0 Å². The summed E-state index contributed by atoms with van der Waals surface area (Å²) in [6, 6.07) is 0. The zero-order valence-electron chi connectivity index (χ0n) is 11.9. The first kappa shape index (κ1) is 13.4. The van der Waals surface area contributed by atoms with Crippen LogP contribution in [-0.4, -0.2) is 41.4 Å². The molecule has 0 saturated carbocycles.